The number of hydrogen-bond acceptors (Lipinski definition) is 3. The fraction of sp³-hybridized carbons (Fsp3) is 0.0909. The minimum absolute atomic E-state index is 0.0462. The van der Waals surface area contributed by atoms with Crippen molar-refractivity contribution >= 4 is 27.7 Å². The molecule has 0 unspecified atom stereocenters. The minimum Gasteiger partial charge on any atom is -0.484 e. The van der Waals surface area contributed by atoms with Crippen molar-refractivity contribution in [2.24, 2.45) is 0 Å². The molecule has 2 aromatic rings. The molecule has 2 N–H and O–H groups in total. The summed E-state index contributed by atoms with van der Waals surface area (Å²) in [5.74, 6) is 0.946. The molecule has 1 aromatic heterocycles. The Kier molecular flexibility index (Phi) is 3.77. The van der Waals surface area contributed by atoms with Gasteiger partial charge in [-0.15, -0.1) is 0 Å². The van der Waals surface area contributed by atoms with Gasteiger partial charge in [-0.25, -0.2) is 0 Å². The first kappa shape index (κ1) is 11.7. The number of aromatic amines is 1. The minimum atomic E-state index is -0.241. The molecule has 0 aliphatic carbocycles. The van der Waals surface area contributed by atoms with Crippen LogP contribution in [0.3, 0.4) is 0 Å². The molecule has 0 saturated carbocycles. The Labute approximate surface area is 106 Å². The van der Waals surface area contributed by atoms with Crippen LogP contribution in [-0.4, -0.2) is 22.7 Å². The lowest BCUT2D eigenvalue weighted by molar-refractivity contribution is -0.118. The summed E-state index contributed by atoms with van der Waals surface area (Å²) in [6.07, 6.45) is 1.56. The normalized spacial score (nSPS) is 9.94. The van der Waals surface area contributed by atoms with Gasteiger partial charge in [-0.05, 0) is 18.2 Å². The van der Waals surface area contributed by atoms with Gasteiger partial charge in [-0.3, -0.25) is 9.89 Å². The van der Waals surface area contributed by atoms with Crippen molar-refractivity contribution in [2.75, 3.05) is 11.9 Å². The van der Waals surface area contributed by atoms with Crippen LogP contribution in [-0.2, 0) is 4.79 Å². The van der Waals surface area contributed by atoms with Crippen LogP contribution in [0.15, 0.2) is 41.0 Å². The van der Waals surface area contributed by atoms with Crippen LogP contribution in [0.25, 0.3) is 0 Å². The van der Waals surface area contributed by atoms with Crippen LogP contribution in [0.1, 0.15) is 0 Å². The largest absolute Gasteiger partial charge is 0.484 e. The van der Waals surface area contributed by atoms with E-state index >= 15 is 0 Å². The molecular formula is C11H10BrN3O2. The summed E-state index contributed by atoms with van der Waals surface area (Å²) in [6.45, 7) is -0.0462. The molecular weight excluding hydrogens is 286 g/mol. The molecule has 1 amide bonds. The van der Waals surface area contributed by atoms with Crippen LogP contribution in [0.5, 0.6) is 5.75 Å². The Morgan fingerprint density at radius 2 is 2.35 bits per heavy atom. The van der Waals surface area contributed by atoms with E-state index in [0.29, 0.717) is 11.6 Å². The van der Waals surface area contributed by atoms with Crippen molar-refractivity contribution in [2.45, 2.75) is 0 Å². The molecule has 1 aromatic carbocycles. The van der Waals surface area contributed by atoms with E-state index in [-0.39, 0.29) is 12.5 Å². The highest BCUT2D eigenvalue weighted by Gasteiger charge is 2.04. The SMILES string of the molecule is O=C(COc1cccc(Br)c1)Nc1ccn[nH]1. The van der Waals surface area contributed by atoms with Gasteiger partial charge in [-0.2, -0.15) is 5.10 Å². The van der Waals surface area contributed by atoms with Gasteiger partial charge >= 0.3 is 0 Å². The number of ether oxygens (including phenoxy) is 1. The number of nitrogens with one attached hydrogen (secondary N) is 2. The lowest BCUT2D eigenvalue weighted by atomic mass is 10.3. The van der Waals surface area contributed by atoms with Gasteiger partial charge < -0.3 is 10.1 Å². The van der Waals surface area contributed by atoms with Crippen molar-refractivity contribution in [1.82, 2.24) is 10.2 Å². The second-order valence-electron chi connectivity index (χ2n) is 3.26. The molecule has 0 radical (unpaired) electrons. The molecule has 0 bridgehead atoms. The smallest absolute Gasteiger partial charge is 0.263 e. The molecule has 88 valence electrons. The average Bonchev–Trinajstić information content (AvgIpc) is 2.79. The number of anilines is 1. The van der Waals surface area contributed by atoms with Gasteiger partial charge in [0.05, 0.1) is 6.20 Å². The highest BCUT2D eigenvalue weighted by Crippen LogP contribution is 2.17. The van der Waals surface area contributed by atoms with Crippen molar-refractivity contribution in [1.29, 1.82) is 0 Å². The number of benzene rings is 1. The predicted molar refractivity (Wildman–Crippen MR) is 66.9 cm³/mol. The Hall–Kier alpha value is -1.82. The Balaban J connectivity index is 1.84. The standard InChI is InChI=1S/C11H10BrN3O2/c12-8-2-1-3-9(6-8)17-7-11(16)14-10-4-5-13-15-10/h1-6H,7H2,(H2,13,14,15,16). The van der Waals surface area contributed by atoms with E-state index in [1.165, 1.54) is 0 Å². The molecule has 0 aliphatic heterocycles. The van der Waals surface area contributed by atoms with Gasteiger partial charge in [0.2, 0.25) is 0 Å². The molecule has 0 fully saturated rings. The van der Waals surface area contributed by atoms with E-state index in [9.17, 15) is 4.79 Å². The van der Waals surface area contributed by atoms with Crippen LogP contribution < -0.4 is 10.1 Å². The van der Waals surface area contributed by atoms with Crippen molar-refractivity contribution in [3.05, 3.63) is 41.0 Å². The van der Waals surface area contributed by atoms with Crippen LogP contribution >= 0.6 is 15.9 Å². The van der Waals surface area contributed by atoms with Crippen LogP contribution in [0.2, 0.25) is 0 Å². The number of nitrogens with zero attached hydrogens (tertiary/aromatic N) is 1. The summed E-state index contributed by atoms with van der Waals surface area (Å²) in [6, 6.07) is 8.97. The maximum Gasteiger partial charge on any atom is 0.263 e. The van der Waals surface area contributed by atoms with E-state index in [0.717, 1.165) is 4.47 Å². The summed E-state index contributed by atoms with van der Waals surface area (Å²) >= 11 is 3.32. The Morgan fingerprint density at radius 1 is 1.47 bits per heavy atom. The molecule has 2 rings (SSSR count). The van der Waals surface area contributed by atoms with E-state index in [4.69, 9.17) is 4.74 Å². The van der Waals surface area contributed by atoms with Crippen LogP contribution in [0, 0.1) is 0 Å². The highest BCUT2D eigenvalue weighted by molar-refractivity contribution is 9.10. The zero-order chi connectivity index (χ0) is 12.1. The Bertz CT molecular complexity index is 499. The number of halogens is 1. The molecule has 0 aliphatic rings. The molecule has 1 heterocycles. The first-order valence-electron chi connectivity index (χ1n) is 4.91. The van der Waals surface area contributed by atoms with Gasteiger partial charge in [0, 0.05) is 10.5 Å². The number of H-pyrrole nitrogens is 1. The third-order valence-corrected chi connectivity index (χ3v) is 2.43. The number of hydrogen-bond donors (Lipinski definition) is 2. The van der Waals surface area contributed by atoms with E-state index < -0.39 is 0 Å². The Morgan fingerprint density at radius 3 is 3.06 bits per heavy atom. The molecule has 0 spiro atoms. The maximum atomic E-state index is 11.5. The number of carbonyl (C=O) groups excluding carboxylic acids is 1. The summed E-state index contributed by atoms with van der Waals surface area (Å²) in [4.78, 5) is 11.5. The summed E-state index contributed by atoms with van der Waals surface area (Å²) in [7, 11) is 0. The van der Waals surface area contributed by atoms with Crippen molar-refractivity contribution < 1.29 is 9.53 Å². The highest BCUT2D eigenvalue weighted by atomic mass is 79.9. The lowest BCUT2D eigenvalue weighted by Crippen LogP contribution is -2.20. The molecule has 0 atom stereocenters. The number of aromatic nitrogens is 2. The lowest BCUT2D eigenvalue weighted by Gasteiger charge is -2.06. The zero-order valence-corrected chi connectivity index (χ0v) is 10.4. The second kappa shape index (κ2) is 5.49. The van der Waals surface area contributed by atoms with Gasteiger partial charge in [0.1, 0.15) is 11.6 Å². The molecule has 17 heavy (non-hydrogen) atoms. The number of rotatable bonds is 4. The third-order valence-electron chi connectivity index (χ3n) is 1.94. The fourth-order valence-corrected chi connectivity index (χ4v) is 1.60. The molecule has 5 nitrogen and oxygen atoms in total. The molecule has 0 saturated heterocycles. The first-order chi connectivity index (χ1) is 8.24. The van der Waals surface area contributed by atoms with E-state index in [1.54, 1.807) is 24.4 Å². The first-order valence-corrected chi connectivity index (χ1v) is 5.71. The van der Waals surface area contributed by atoms with Gasteiger partial charge in [0.15, 0.2) is 6.61 Å². The average molecular weight is 296 g/mol. The fourth-order valence-electron chi connectivity index (χ4n) is 1.22. The van der Waals surface area contributed by atoms with Crippen molar-refractivity contribution in [3.63, 3.8) is 0 Å². The monoisotopic (exact) mass is 295 g/mol. The molecule has 6 heteroatoms. The third kappa shape index (κ3) is 3.60. The maximum absolute atomic E-state index is 11.5. The van der Waals surface area contributed by atoms with Crippen molar-refractivity contribution in [3.8, 4) is 5.75 Å². The zero-order valence-electron chi connectivity index (χ0n) is 8.81. The summed E-state index contributed by atoms with van der Waals surface area (Å²) in [5, 5.41) is 8.96. The number of amides is 1. The predicted octanol–water partition coefficient (Wildman–Crippen LogP) is 2.19. The summed E-state index contributed by atoms with van der Waals surface area (Å²) in [5.41, 5.74) is 0. The quantitative estimate of drug-likeness (QED) is 0.909. The second-order valence-corrected chi connectivity index (χ2v) is 4.18. The van der Waals surface area contributed by atoms with Gasteiger partial charge in [0.25, 0.3) is 5.91 Å². The number of carbonyl (C=O) groups is 1. The van der Waals surface area contributed by atoms with E-state index in [2.05, 4.69) is 31.4 Å². The summed E-state index contributed by atoms with van der Waals surface area (Å²) < 4.78 is 6.23. The topological polar surface area (TPSA) is 67.0 Å². The van der Waals surface area contributed by atoms with Crippen LogP contribution in [0.4, 0.5) is 5.82 Å². The van der Waals surface area contributed by atoms with Gasteiger partial charge in [-0.1, -0.05) is 22.0 Å². The van der Waals surface area contributed by atoms with E-state index in [1.807, 2.05) is 12.1 Å².